The molecule has 2 aliphatic rings. The van der Waals surface area contributed by atoms with Crippen molar-refractivity contribution in [2.24, 2.45) is 5.92 Å². The lowest BCUT2D eigenvalue weighted by atomic mass is 9.84. The van der Waals surface area contributed by atoms with E-state index in [1.807, 2.05) is 0 Å². The topological polar surface area (TPSA) is 117 Å². The van der Waals surface area contributed by atoms with Crippen LogP contribution in [0.25, 0.3) is 0 Å². The molecule has 0 saturated heterocycles. The number of amides is 3. The monoisotopic (exact) mass is 619 g/mol. The van der Waals surface area contributed by atoms with E-state index in [9.17, 15) is 19.5 Å². The molecule has 2 aromatic rings. The van der Waals surface area contributed by atoms with Gasteiger partial charge in [0.25, 0.3) is 0 Å². The third-order valence-corrected chi connectivity index (χ3v) is 8.26. The van der Waals surface area contributed by atoms with Crippen LogP contribution in [0.3, 0.4) is 0 Å². The first-order valence-corrected chi connectivity index (χ1v) is 15.3. The number of ether oxygens (including phenoxy) is 2. The van der Waals surface area contributed by atoms with Gasteiger partial charge in [0.15, 0.2) is 0 Å². The second-order valence-corrected chi connectivity index (χ2v) is 11.9. The molecule has 228 valence electrons. The zero-order chi connectivity index (χ0) is 29.9. The maximum absolute atomic E-state index is 13.4. The predicted molar refractivity (Wildman–Crippen MR) is 160 cm³/mol. The number of carbonyl (C=O) groups excluding carboxylic acids is 3. The SMILES string of the molecule is O=C(N[C@@H](CC1CCCCC1)C(=O)N[C@H](CO)CCC(=O)N1CCOc2ccc(Cl)cc2C1)OCc1cccc(Cl)c1. The van der Waals surface area contributed by atoms with Crippen LogP contribution in [0.15, 0.2) is 42.5 Å². The number of hydrogen-bond donors (Lipinski definition) is 3. The van der Waals surface area contributed by atoms with Crippen molar-refractivity contribution in [1.29, 1.82) is 0 Å². The molecule has 1 heterocycles. The summed E-state index contributed by atoms with van der Waals surface area (Å²) in [6.07, 6.45) is 5.50. The molecule has 0 bridgehead atoms. The van der Waals surface area contributed by atoms with Crippen molar-refractivity contribution in [3.05, 3.63) is 63.6 Å². The maximum atomic E-state index is 13.4. The van der Waals surface area contributed by atoms with Crippen molar-refractivity contribution >= 4 is 41.1 Å². The molecular formula is C31H39Cl2N3O6. The third kappa shape index (κ3) is 9.78. The van der Waals surface area contributed by atoms with Crippen LogP contribution in [0.1, 0.15) is 62.5 Å². The highest BCUT2D eigenvalue weighted by atomic mass is 35.5. The fourth-order valence-electron chi connectivity index (χ4n) is 5.49. The van der Waals surface area contributed by atoms with Crippen molar-refractivity contribution < 1.29 is 29.0 Å². The molecule has 4 rings (SSSR count). The highest BCUT2D eigenvalue weighted by molar-refractivity contribution is 6.30. The smallest absolute Gasteiger partial charge is 0.408 e. The molecule has 3 N–H and O–H groups in total. The molecule has 42 heavy (non-hydrogen) atoms. The number of benzene rings is 2. The van der Waals surface area contributed by atoms with Crippen LogP contribution in [-0.2, 0) is 27.5 Å². The molecular weight excluding hydrogens is 581 g/mol. The van der Waals surface area contributed by atoms with E-state index in [-0.39, 0.29) is 32.0 Å². The normalized spacial score (nSPS) is 16.8. The van der Waals surface area contributed by atoms with E-state index in [1.165, 1.54) is 6.42 Å². The summed E-state index contributed by atoms with van der Waals surface area (Å²) in [5.41, 5.74) is 1.57. The number of nitrogens with zero attached hydrogens (tertiary/aromatic N) is 1. The average molecular weight is 621 g/mol. The molecule has 2 atom stereocenters. The summed E-state index contributed by atoms with van der Waals surface area (Å²) in [5.74, 6) is 0.496. The number of rotatable bonds is 11. The molecule has 0 radical (unpaired) electrons. The van der Waals surface area contributed by atoms with Gasteiger partial charge in [0, 0.05) is 28.6 Å². The summed E-state index contributed by atoms with van der Waals surface area (Å²) < 4.78 is 11.1. The average Bonchev–Trinajstić information content (AvgIpc) is 3.20. The van der Waals surface area contributed by atoms with Crippen LogP contribution < -0.4 is 15.4 Å². The molecule has 9 nitrogen and oxygen atoms in total. The lowest BCUT2D eigenvalue weighted by molar-refractivity contribution is -0.132. The van der Waals surface area contributed by atoms with Gasteiger partial charge < -0.3 is 30.1 Å². The minimum absolute atomic E-state index is 0.0176. The van der Waals surface area contributed by atoms with Gasteiger partial charge in [0.1, 0.15) is 25.0 Å². The predicted octanol–water partition coefficient (Wildman–Crippen LogP) is 5.24. The minimum Gasteiger partial charge on any atom is -0.491 e. The lowest BCUT2D eigenvalue weighted by Crippen LogP contribution is -2.51. The van der Waals surface area contributed by atoms with Crippen LogP contribution >= 0.6 is 23.2 Å². The second kappa shape index (κ2) is 16.0. The van der Waals surface area contributed by atoms with Crippen molar-refractivity contribution in [1.82, 2.24) is 15.5 Å². The minimum atomic E-state index is -0.825. The van der Waals surface area contributed by atoms with Gasteiger partial charge in [-0.15, -0.1) is 0 Å². The Morgan fingerprint density at radius 2 is 1.83 bits per heavy atom. The van der Waals surface area contributed by atoms with Gasteiger partial charge in [-0.05, 0) is 54.7 Å². The third-order valence-electron chi connectivity index (χ3n) is 7.79. The van der Waals surface area contributed by atoms with Crippen LogP contribution in [0.5, 0.6) is 5.75 Å². The van der Waals surface area contributed by atoms with Crippen molar-refractivity contribution in [3.63, 3.8) is 0 Å². The standard InChI is InChI=1S/C31H39Cl2N3O6/c32-24-8-4-7-22(15-24)20-42-31(40)35-27(16-21-5-2-1-3-6-21)30(39)34-26(19-37)10-12-29(38)36-13-14-41-28-11-9-25(33)17-23(28)18-36/h4,7-9,11,15,17,21,26-27,37H,1-3,5-6,10,12-14,16,18-20H2,(H,34,39)(H,35,40)/t26-,27-/m0/s1. The molecule has 0 unspecified atom stereocenters. The first-order chi connectivity index (χ1) is 20.3. The first-order valence-electron chi connectivity index (χ1n) is 14.6. The zero-order valence-corrected chi connectivity index (χ0v) is 25.2. The molecule has 0 aromatic heterocycles. The molecule has 1 fully saturated rings. The summed E-state index contributed by atoms with van der Waals surface area (Å²) >= 11 is 12.1. The van der Waals surface area contributed by atoms with E-state index in [1.54, 1.807) is 47.4 Å². The van der Waals surface area contributed by atoms with Gasteiger partial charge in [0.05, 0.1) is 19.2 Å². The van der Waals surface area contributed by atoms with E-state index in [0.717, 1.165) is 36.8 Å². The van der Waals surface area contributed by atoms with Crippen molar-refractivity contribution in [3.8, 4) is 5.75 Å². The largest absolute Gasteiger partial charge is 0.491 e. The highest BCUT2D eigenvalue weighted by Gasteiger charge is 2.28. The van der Waals surface area contributed by atoms with E-state index in [0.29, 0.717) is 47.8 Å². The highest BCUT2D eigenvalue weighted by Crippen LogP contribution is 2.28. The number of halogens is 2. The van der Waals surface area contributed by atoms with Crippen molar-refractivity contribution in [2.75, 3.05) is 19.8 Å². The quantitative estimate of drug-likeness (QED) is 0.317. The van der Waals surface area contributed by atoms with E-state index in [2.05, 4.69) is 10.6 Å². The van der Waals surface area contributed by atoms with Crippen LogP contribution in [0.2, 0.25) is 10.0 Å². The number of nitrogens with one attached hydrogen (secondary N) is 2. The Kier molecular flexibility index (Phi) is 12.2. The fraction of sp³-hybridized carbons (Fsp3) is 0.516. The number of hydrogen-bond acceptors (Lipinski definition) is 6. The molecule has 11 heteroatoms. The molecule has 1 aliphatic heterocycles. The molecule has 1 aliphatic carbocycles. The van der Waals surface area contributed by atoms with Gasteiger partial charge in [0.2, 0.25) is 11.8 Å². The van der Waals surface area contributed by atoms with E-state index >= 15 is 0 Å². The number of aliphatic hydroxyl groups excluding tert-OH is 1. The van der Waals surface area contributed by atoms with Gasteiger partial charge in [-0.3, -0.25) is 9.59 Å². The number of aliphatic hydroxyl groups is 1. The first kappa shape index (κ1) is 31.9. The van der Waals surface area contributed by atoms with Gasteiger partial charge in [-0.2, -0.15) is 0 Å². The number of fused-ring (bicyclic) bond motifs is 1. The lowest BCUT2D eigenvalue weighted by Gasteiger charge is -2.28. The summed E-state index contributed by atoms with van der Waals surface area (Å²) in [6.45, 7) is 0.837. The molecule has 0 spiro atoms. The van der Waals surface area contributed by atoms with Gasteiger partial charge >= 0.3 is 6.09 Å². The zero-order valence-electron chi connectivity index (χ0n) is 23.7. The summed E-state index contributed by atoms with van der Waals surface area (Å²) in [6, 6.07) is 10.9. The van der Waals surface area contributed by atoms with Crippen molar-refractivity contribution in [2.45, 2.75) is 76.6 Å². The Morgan fingerprint density at radius 3 is 2.60 bits per heavy atom. The maximum Gasteiger partial charge on any atom is 0.408 e. The molecule has 1 saturated carbocycles. The summed E-state index contributed by atoms with van der Waals surface area (Å²) in [4.78, 5) is 40.8. The Hall–Kier alpha value is -3.01. The summed E-state index contributed by atoms with van der Waals surface area (Å²) in [5, 5.41) is 16.7. The van der Waals surface area contributed by atoms with E-state index in [4.69, 9.17) is 32.7 Å². The number of alkyl carbamates (subject to hydrolysis) is 1. The Morgan fingerprint density at radius 1 is 1.05 bits per heavy atom. The Labute approximate surface area is 256 Å². The van der Waals surface area contributed by atoms with Gasteiger partial charge in [-0.25, -0.2) is 4.79 Å². The summed E-state index contributed by atoms with van der Waals surface area (Å²) in [7, 11) is 0. The Bertz CT molecular complexity index is 1220. The second-order valence-electron chi connectivity index (χ2n) is 11.0. The van der Waals surface area contributed by atoms with Gasteiger partial charge in [-0.1, -0.05) is 67.4 Å². The van der Waals surface area contributed by atoms with Crippen LogP contribution in [0.4, 0.5) is 4.79 Å². The molecule has 3 amide bonds. The Balaban J connectivity index is 1.32. The number of carbonyl (C=O) groups is 3. The molecule has 2 aromatic carbocycles. The van der Waals surface area contributed by atoms with E-state index < -0.39 is 24.1 Å². The van der Waals surface area contributed by atoms with Crippen LogP contribution in [0, 0.1) is 5.92 Å². The van der Waals surface area contributed by atoms with Crippen LogP contribution in [-0.4, -0.2) is 59.8 Å². The fourth-order valence-corrected chi connectivity index (χ4v) is 5.90.